The maximum atomic E-state index is 12.9. The predicted octanol–water partition coefficient (Wildman–Crippen LogP) is 4.62. The van der Waals surface area contributed by atoms with Gasteiger partial charge in [-0.1, -0.05) is 12.1 Å². The minimum absolute atomic E-state index is 0.209. The van der Waals surface area contributed by atoms with Gasteiger partial charge in [-0.3, -0.25) is 4.79 Å². The second-order valence-electron chi connectivity index (χ2n) is 5.24. The van der Waals surface area contributed by atoms with Crippen molar-refractivity contribution in [3.8, 4) is 11.5 Å². The Balaban J connectivity index is 2.34. The van der Waals surface area contributed by atoms with Crippen molar-refractivity contribution in [1.82, 2.24) is 0 Å². The number of halogens is 3. The Morgan fingerprint density at radius 3 is 1.79 bits per heavy atom. The summed E-state index contributed by atoms with van der Waals surface area (Å²) >= 11 is 0. The molecule has 0 saturated carbocycles. The monoisotopic (exact) mass is 338 g/mol. The summed E-state index contributed by atoms with van der Waals surface area (Å²) in [6.45, 7) is 0. The van der Waals surface area contributed by atoms with Crippen LogP contribution in [-0.2, 0) is 0 Å². The molecule has 0 aromatic heterocycles. The van der Waals surface area contributed by atoms with Gasteiger partial charge in [-0.2, -0.15) is 13.2 Å². The van der Waals surface area contributed by atoms with Gasteiger partial charge in [0.05, 0.1) is 26.6 Å². The van der Waals surface area contributed by atoms with Crippen LogP contribution >= 0.6 is 0 Å². The summed E-state index contributed by atoms with van der Waals surface area (Å²) in [5.74, 6) is -0.839. The van der Waals surface area contributed by atoms with Gasteiger partial charge in [-0.15, -0.1) is 0 Å². The molecule has 0 fully saturated rings. The van der Waals surface area contributed by atoms with E-state index in [1.807, 2.05) is 0 Å². The van der Waals surface area contributed by atoms with Gasteiger partial charge in [0.15, 0.2) is 5.78 Å². The van der Waals surface area contributed by atoms with Crippen molar-refractivity contribution in [2.24, 2.45) is 0 Å². The zero-order valence-corrected chi connectivity index (χ0v) is 13.3. The molecule has 0 aliphatic rings. The van der Waals surface area contributed by atoms with Crippen LogP contribution in [-0.4, -0.2) is 26.2 Å². The van der Waals surface area contributed by atoms with E-state index in [2.05, 4.69) is 0 Å². The lowest BCUT2D eigenvalue weighted by Crippen LogP contribution is -2.21. The number of alkyl halides is 3. The molecule has 0 bridgehead atoms. The molecule has 0 aliphatic carbocycles. The first-order valence-electron chi connectivity index (χ1n) is 7.23. The lowest BCUT2D eigenvalue weighted by molar-refractivity contribution is -0.136. The standard InChI is InChI=1S/C18H17F3O3/c1-23-14-7-3-12(4-8-14)16(11-18(19,20)21)17(22)13-5-9-15(24-2)10-6-13/h3-10,16H,11H2,1-2H3. The van der Waals surface area contributed by atoms with Crippen LogP contribution < -0.4 is 9.47 Å². The molecule has 0 spiro atoms. The van der Waals surface area contributed by atoms with Gasteiger partial charge in [0.2, 0.25) is 0 Å². The Morgan fingerprint density at radius 1 is 0.917 bits per heavy atom. The Morgan fingerprint density at radius 2 is 1.38 bits per heavy atom. The summed E-state index contributed by atoms with van der Waals surface area (Å²) in [7, 11) is 2.94. The molecule has 2 aromatic carbocycles. The quantitative estimate of drug-likeness (QED) is 0.721. The highest BCUT2D eigenvalue weighted by atomic mass is 19.4. The molecular weight excluding hydrogens is 321 g/mol. The van der Waals surface area contributed by atoms with Crippen LogP contribution in [0.4, 0.5) is 13.2 Å². The molecule has 2 aromatic rings. The first-order chi connectivity index (χ1) is 11.3. The summed E-state index contributed by atoms with van der Waals surface area (Å²) in [5, 5.41) is 0. The van der Waals surface area contributed by atoms with Crippen molar-refractivity contribution >= 4 is 5.78 Å². The van der Waals surface area contributed by atoms with Crippen molar-refractivity contribution in [2.75, 3.05) is 14.2 Å². The number of ether oxygens (including phenoxy) is 2. The smallest absolute Gasteiger partial charge is 0.390 e. The van der Waals surface area contributed by atoms with Crippen molar-refractivity contribution in [3.05, 3.63) is 59.7 Å². The lowest BCUT2D eigenvalue weighted by atomic mass is 9.87. The molecule has 24 heavy (non-hydrogen) atoms. The minimum atomic E-state index is -4.45. The van der Waals surface area contributed by atoms with E-state index in [1.165, 1.54) is 38.5 Å². The first kappa shape index (κ1) is 17.8. The Kier molecular flexibility index (Phi) is 5.49. The number of hydrogen-bond acceptors (Lipinski definition) is 3. The van der Waals surface area contributed by atoms with E-state index in [1.54, 1.807) is 24.3 Å². The zero-order valence-electron chi connectivity index (χ0n) is 13.3. The number of Topliss-reactive ketones (excluding diaryl/α,β-unsaturated/α-hetero) is 1. The second kappa shape index (κ2) is 7.38. The van der Waals surface area contributed by atoms with Gasteiger partial charge in [-0.05, 0) is 42.0 Å². The Labute approximate surface area is 138 Å². The molecule has 0 amide bonds. The Bertz CT molecular complexity index is 676. The van der Waals surface area contributed by atoms with E-state index >= 15 is 0 Å². The molecule has 1 unspecified atom stereocenters. The van der Waals surface area contributed by atoms with E-state index in [0.29, 0.717) is 17.1 Å². The van der Waals surface area contributed by atoms with Crippen LogP contribution in [0.5, 0.6) is 11.5 Å². The topological polar surface area (TPSA) is 35.5 Å². The molecule has 0 radical (unpaired) electrons. The number of hydrogen-bond donors (Lipinski definition) is 0. The third-order valence-corrected chi connectivity index (χ3v) is 3.64. The summed E-state index contributed by atoms with van der Waals surface area (Å²) in [6.07, 6.45) is -5.67. The number of benzene rings is 2. The average Bonchev–Trinajstić information content (AvgIpc) is 2.58. The van der Waals surface area contributed by atoms with Crippen molar-refractivity contribution in [1.29, 1.82) is 0 Å². The van der Waals surface area contributed by atoms with E-state index in [-0.39, 0.29) is 5.56 Å². The van der Waals surface area contributed by atoms with Crippen LogP contribution in [0.3, 0.4) is 0 Å². The van der Waals surface area contributed by atoms with Crippen molar-refractivity contribution < 1.29 is 27.4 Å². The normalized spacial score (nSPS) is 12.5. The van der Waals surface area contributed by atoms with E-state index < -0.39 is 24.3 Å². The fourth-order valence-corrected chi connectivity index (χ4v) is 2.39. The third-order valence-electron chi connectivity index (χ3n) is 3.64. The SMILES string of the molecule is COc1ccc(C(=O)C(CC(F)(F)F)c2ccc(OC)cc2)cc1. The van der Waals surface area contributed by atoms with Gasteiger partial charge < -0.3 is 9.47 Å². The van der Waals surface area contributed by atoms with Crippen LogP contribution in [0, 0.1) is 0 Å². The molecule has 0 saturated heterocycles. The highest BCUT2D eigenvalue weighted by Crippen LogP contribution is 2.34. The van der Waals surface area contributed by atoms with Crippen LogP contribution in [0.2, 0.25) is 0 Å². The molecule has 3 nitrogen and oxygen atoms in total. The number of methoxy groups -OCH3 is 2. The molecule has 128 valence electrons. The lowest BCUT2D eigenvalue weighted by Gasteiger charge is -2.18. The van der Waals surface area contributed by atoms with Crippen molar-refractivity contribution in [3.63, 3.8) is 0 Å². The van der Waals surface area contributed by atoms with Gasteiger partial charge >= 0.3 is 6.18 Å². The van der Waals surface area contributed by atoms with Gasteiger partial charge in [0.25, 0.3) is 0 Å². The Hall–Kier alpha value is -2.50. The van der Waals surface area contributed by atoms with Gasteiger partial charge in [0, 0.05) is 5.56 Å². The van der Waals surface area contributed by atoms with Crippen LogP contribution in [0.25, 0.3) is 0 Å². The molecule has 2 rings (SSSR count). The maximum Gasteiger partial charge on any atom is 0.390 e. The van der Waals surface area contributed by atoms with Gasteiger partial charge in [-0.25, -0.2) is 0 Å². The van der Waals surface area contributed by atoms with Gasteiger partial charge in [0.1, 0.15) is 11.5 Å². The molecule has 0 aliphatic heterocycles. The highest BCUT2D eigenvalue weighted by Gasteiger charge is 2.36. The molecule has 0 N–H and O–H groups in total. The largest absolute Gasteiger partial charge is 0.497 e. The third kappa shape index (κ3) is 4.50. The molecular formula is C18H17F3O3. The van der Waals surface area contributed by atoms with Crippen molar-refractivity contribution in [2.45, 2.75) is 18.5 Å². The number of ketones is 1. The summed E-state index contributed by atoms with van der Waals surface area (Å²) < 4.78 is 48.8. The van der Waals surface area contributed by atoms with Crippen LogP contribution in [0.15, 0.2) is 48.5 Å². The maximum absolute atomic E-state index is 12.9. The van der Waals surface area contributed by atoms with Crippen LogP contribution in [0.1, 0.15) is 28.3 Å². The summed E-state index contributed by atoms with van der Waals surface area (Å²) in [5.41, 5.74) is 0.509. The van der Waals surface area contributed by atoms with E-state index in [9.17, 15) is 18.0 Å². The fraction of sp³-hybridized carbons (Fsp3) is 0.278. The second-order valence-corrected chi connectivity index (χ2v) is 5.24. The average molecular weight is 338 g/mol. The molecule has 1 atom stereocenters. The number of rotatable bonds is 6. The summed E-state index contributed by atoms with van der Waals surface area (Å²) in [6, 6.07) is 12.1. The van der Waals surface area contributed by atoms with E-state index in [4.69, 9.17) is 9.47 Å². The number of carbonyl (C=O) groups is 1. The predicted molar refractivity (Wildman–Crippen MR) is 83.7 cm³/mol. The number of carbonyl (C=O) groups excluding carboxylic acids is 1. The fourth-order valence-electron chi connectivity index (χ4n) is 2.39. The minimum Gasteiger partial charge on any atom is -0.497 e. The molecule has 0 heterocycles. The molecule has 6 heteroatoms. The highest BCUT2D eigenvalue weighted by molar-refractivity contribution is 6.01. The summed E-state index contributed by atoms with van der Waals surface area (Å²) in [4.78, 5) is 12.6. The van der Waals surface area contributed by atoms with E-state index in [0.717, 1.165) is 0 Å². The first-order valence-corrected chi connectivity index (χ1v) is 7.23. The zero-order chi connectivity index (χ0) is 17.7.